The second-order valence-electron chi connectivity index (χ2n) is 5.40. The van der Waals surface area contributed by atoms with Gasteiger partial charge in [0.25, 0.3) is 0 Å². The van der Waals surface area contributed by atoms with Gasteiger partial charge in [-0.15, -0.1) is 0 Å². The van der Waals surface area contributed by atoms with E-state index in [-0.39, 0.29) is 0 Å². The average molecular weight is 201 g/mol. The molecule has 0 aromatic heterocycles. The lowest BCUT2D eigenvalue weighted by Crippen LogP contribution is -2.35. The van der Waals surface area contributed by atoms with Crippen molar-refractivity contribution in [2.24, 2.45) is 11.1 Å². The fourth-order valence-corrected chi connectivity index (χ4v) is 3.50. The number of hydrogen-bond donors (Lipinski definition) is 1. The van der Waals surface area contributed by atoms with Gasteiger partial charge in [0.05, 0.1) is 0 Å². The van der Waals surface area contributed by atoms with Gasteiger partial charge in [0.2, 0.25) is 0 Å². The first kappa shape index (κ1) is 9.41. The number of benzene rings is 1. The topological polar surface area (TPSA) is 26.0 Å². The minimum atomic E-state index is 0.300. The molecule has 2 aliphatic rings. The van der Waals surface area contributed by atoms with Crippen molar-refractivity contribution in [3.05, 3.63) is 35.4 Å². The summed E-state index contributed by atoms with van der Waals surface area (Å²) in [4.78, 5) is 0. The van der Waals surface area contributed by atoms with Crippen molar-refractivity contribution in [1.29, 1.82) is 0 Å². The van der Waals surface area contributed by atoms with Gasteiger partial charge < -0.3 is 5.73 Å². The minimum Gasteiger partial charge on any atom is -0.327 e. The summed E-state index contributed by atoms with van der Waals surface area (Å²) in [5.41, 5.74) is 9.86. The molecule has 1 aromatic carbocycles. The van der Waals surface area contributed by atoms with E-state index in [2.05, 4.69) is 31.2 Å². The normalized spacial score (nSPS) is 28.5. The van der Waals surface area contributed by atoms with E-state index in [0.29, 0.717) is 17.4 Å². The van der Waals surface area contributed by atoms with E-state index in [0.717, 1.165) is 0 Å². The Balaban J connectivity index is 2.08. The fourth-order valence-electron chi connectivity index (χ4n) is 3.50. The summed E-state index contributed by atoms with van der Waals surface area (Å²) >= 11 is 0. The molecule has 1 saturated carbocycles. The van der Waals surface area contributed by atoms with Gasteiger partial charge in [0.15, 0.2) is 0 Å². The zero-order chi connectivity index (χ0) is 10.5. The molecule has 0 bridgehead atoms. The van der Waals surface area contributed by atoms with Crippen LogP contribution in [0.25, 0.3) is 0 Å². The molecule has 1 fully saturated rings. The molecular weight excluding hydrogens is 182 g/mol. The van der Waals surface area contributed by atoms with Gasteiger partial charge in [-0.1, -0.05) is 24.3 Å². The largest absolute Gasteiger partial charge is 0.327 e. The zero-order valence-electron chi connectivity index (χ0n) is 9.37. The van der Waals surface area contributed by atoms with Gasteiger partial charge in [-0.2, -0.15) is 0 Å². The Labute approximate surface area is 91.7 Å². The SMILES string of the molecule is CC(N)C1c2ccccc2CCC12CC2. The first-order valence-corrected chi connectivity index (χ1v) is 6.06. The van der Waals surface area contributed by atoms with Crippen molar-refractivity contribution < 1.29 is 0 Å². The molecule has 0 heterocycles. The monoisotopic (exact) mass is 201 g/mol. The van der Waals surface area contributed by atoms with Gasteiger partial charge in [0, 0.05) is 12.0 Å². The molecule has 0 saturated heterocycles. The van der Waals surface area contributed by atoms with Crippen molar-refractivity contribution >= 4 is 0 Å². The van der Waals surface area contributed by atoms with Crippen molar-refractivity contribution in [2.75, 3.05) is 0 Å². The molecule has 3 rings (SSSR count). The summed E-state index contributed by atoms with van der Waals surface area (Å²) in [7, 11) is 0. The summed E-state index contributed by atoms with van der Waals surface area (Å²) in [6.07, 6.45) is 5.41. The summed E-state index contributed by atoms with van der Waals surface area (Å²) in [5.74, 6) is 0.613. The molecule has 1 aromatic rings. The standard InChI is InChI=1S/C14H19N/c1-10(15)13-12-5-3-2-4-11(12)6-7-14(13)8-9-14/h2-5,10,13H,6-9,15H2,1H3. The van der Waals surface area contributed by atoms with Crippen LogP contribution in [0.1, 0.15) is 43.2 Å². The fraction of sp³-hybridized carbons (Fsp3) is 0.571. The van der Waals surface area contributed by atoms with Crippen LogP contribution in [0.5, 0.6) is 0 Å². The second kappa shape index (κ2) is 3.08. The molecule has 80 valence electrons. The van der Waals surface area contributed by atoms with E-state index in [1.165, 1.54) is 36.8 Å². The Morgan fingerprint density at radius 1 is 1.27 bits per heavy atom. The third kappa shape index (κ3) is 1.33. The summed E-state index contributed by atoms with van der Waals surface area (Å²) in [6.45, 7) is 2.17. The van der Waals surface area contributed by atoms with Gasteiger partial charge in [-0.3, -0.25) is 0 Å². The van der Waals surface area contributed by atoms with E-state index in [9.17, 15) is 0 Å². The minimum absolute atomic E-state index is 0.300. The van der Waals surface area contributed by atoms with Crippen LogP contribution in [-0.2, 0) is 6.42 Å². The van der Waals surface area contributed by atoms with Crippen molar-refractivity contribution in [3.63, 3.8) is 0 Å². The molecule has 1 spiro atoms. The molecule has 0 aliphatic heterocycles. The molecule has 2 unspecified atom stereocenters. The highest BCUT2D eigenvalue weighted by atomic mass is 14.7. The van der Waals surface area contributed by atoms with Gasteiger partial charge in [-0.05, 0) is 49.1 Å². The number of rotatable bonds is 1. The average Bonchev–Trinajstić information content (AvgIpc) is 2.98. The van der Waals surface area contributed by atoms with E-state index < -0.39 is 0 Å². The van der Waals surface area contributed by atoms with Crippen LogP contribution in [-0.4, -0.2) is 6.04 Å². The molecule has 2 N–H and O–H groups in total. The van der Waals surface area contributed by atoms with Crippen LogP contribution in [0.4, 0.5) is 0 Å². The second-order valence-corrected chi connectivity index (χ2v) is 5.40. The number of nitrogens with two attached hydrogens (primary N) is 1. The predicted molar refractivity (Wildman–Crippen MR) is 62.8 cm³/mol. The Kier molecular flexibility index (Phi) is 1.93. The smallest absolute Gasteiger partial charge is 0.00847 e. The molecule has 1 heteroatoms. The highest BCUT2D eigenvalue weighted by Crippen LogP contribution is 2.62. The molecule has 2 atom stereocenters. The molecule has 1 nitrogen and oxygen atoms in total. The molecule has 15 heavy (non-hydrogen) atoms. The molecule has 0 amide bonds. The molecule has 2 aliphatic carbocycles. The molecule has 0 radical (unpaired) electrons. The van der Waals surface area contributed by atoms with Crippen LogP contribution in [0, 0.1) is 5.41 Å². The Morgan fingerprint density at radius 3 is 2.67 bits per heavy atom. The first-order chi connectivity index (χ1) is 7.23. The molecular formula is C14H19N. The van der Waals surface area contributed by atoms with E-state index >= 15 is 0 Å². The van der Waals surface area contributed by atoms with Crippen LogP contribution in [0.2, 0.25) is 0 Å². The predicted octanol–water partition coefficient (Wildman–Crippen LogP) is 2.84. The van der Waals surface area contributed by atoms with Crippen LogP contribution < -0.4 is 5.73 Å². The Morgan fingerprint density at radius 2 is 2.00 bits per heavy atom. The van der Waals surface area contributed by atoms with Crippen molar-refractivity contribution in [1.82, 2.24) is 0 Å². The van der Waals surface area contributed by atoms with E-state index in [1.807, 2.05) is 0 Å². The highest BCUT2D eigenvalue weighted by Gasteiger charge is 2.52. The maximum atomic E-state index is 6.20. The highest BCUT2D eigenvalue weighted by molar-refractivity contribution is 5.38. The number of hydrogen-bond acceptors (Lipinski definition) is 1. The van der Waals surface area contributed by atoms with E-state index in [4.69, 9.17) is 5.73 Å². The summed E-state index contributed by atoms with van der Waals surface area (Å²) < 4.78 is 0. The van der Waals surface area contributed by atoms with Crippen LogP contribution >= 0.6 is 0 Å². The lowest BCUT2D eigenvalue weighted by molar-refractivity contribution is 0.313. The van der Waals surface area contributed by atoms with Crippen molar-refractivity contribution in [3.8, 4) is 0 Å². The first-order valence-electron chi connectivity index (χ1n) is 6.06. The summed E-state index contributed by atoms with van der Waals surface area (Å²) in [5, 5.41) is 0. The third-order valence-corrected chi connectivity index (χ3v) is 4.36. The van der Waals surface area contributed by atoms with Gasteiger partial charge in [0.1, 0.15) is 0 Å². The number of aryl methyl sites for hydroxylation is 1. The van der Waals surface area contributed by atoms with Crippen LogP contribution in [0.3, 0.4) is 0 Å². The Bertz CT molecular complexity index is 377. The van der Waals surface area contributed by atoms with Crippen LogP contribution in [0.15, 0.2) is 24.3 Å². The van der Waals surface area contributed by atoms with Gasteiger partial charge >= 0.3 is 0 Å². The third-order valence-electron chi connectivity index (χ3n) is 4.36. The maximum absolute atomic E-state index is 6.20. The summed E-state index contributed by atoms with van der Waals surface area (Å²) in [6, 6.07) is 9.19. The quantitative estimate of drug-likeness (QED) is 0.743. The lowest BCUT2D eigenvalue weighted by atomic mass is 9.70. The lowest BCUT2D eigenvalue weighted by Gasteiger charge is -2.36. The maximum Gasteiger partial charge on any atom is 0.00847 e. The van der Waals surface area contributed by atoms with Crippen molar-refractivity contribution in [2.45, 2.75) is 44.6 Å². The zero-order valence-corrected chi connectivity index (χ0v) is 9.37. The van der Waals surface area contributed by atoms with E-state index in [1.54, 1.807) is 0 Å². The Hall–Kier alpha value is -0.820. The van der Waals surface area contributed by atoms with Gasteiger partial charge in [-0.25, -0.2) is 0 Å². The number of fused-ring (bicyclic) bond motifs is 1.